The fourth-order valence-corrected chi connectivity index (χ4v) is 2.18. The number of hydrogen-bond donors (Lipinski definition) is 2. The summed E-state index contributed by atoms with van der Waals surface area (Å²) in [7, 11) is 0. The minimum absolute atomic E-state index is 0.0350. The zero-order valence-electron chi connectivity index (χ0n) is 7.68. The monoisotopic (exact) mass is 249 g/mol. The van der Waals surface area contributed by atoms with Gasteiger partial charge in [0.2, 0.25) is 5.91 Å². The van der Waals surface area contributed by atoms with Gasteiger partial charge in [0.1, 0.15) is 0 Å². The number of rotatable bonds is 4. The molecule has 1 saturated carbocycles. The summed E-state index contributed by atoms with van der Waals surface area (Å²) in [6, 6.07) is 0. The first kappa shape index (κ1) is 11.0. The van der Waals surface area contributed by atoms with Crippen LogP contribution in [0.4, 0.5) is 0 Å². The molecular weight excluding hydrogens is 234 g/mol. The van der Waals surface area contributed by atoms with Crippen molar-refractivity contribution in [1.29, 1.82) is 0 Å². The summed E-state index contributed by atoms with van der Waals surface area (Å²) in [5.74, 6) is 0.0350. The SMILES string of the molecule is O=C(CCBr)NC1(CO)CCCC1. The van der Waals surface area contributed by atoms with Crippen molar-refractivity contribution in [1.82, 2.24) is 5.32 Å². The summed E-state index contributed by atoms with van der Waals surface area (Å²) in [5.41, 5.74) is -0.306. The summed E-state index contributed by atoms with van der Waals surface area (Å²) in [6.45, 7) is 0.0705. The lowest BCUT2D eigenvalue weighted by Gasteiger charge is -2.27. The van der Waals surface area contributed by atoms with Crippen molar-refractivity contribution in [2.45, 2.75) is 37.6 Å². The van der Waals surface area contributed by atoms with Gasteiger partial charge in [-0.2, -0.15) is 0 Å². The lowest BCUT2D eigenvalue weighted by molar-refractivity contribution is -0.123. The molecule has 0 bridgehead atoms. The molecule has 0 heterocycles. The Bertz CT molecular complexity index is 178. The highest BCUT2D eigenvalue weighted by atomic mass is 79.9. The third-order valence-corrected chi connectivity index (χ3v) is 2.99. The Morgan fingerprint density at radius 2 is 2.08 bits per heavy atom. The van der Waals surface area contributed by atoms with Crippen molar-refractivity contribution in [2.75, 3.05) is 11.9 Å². The molecule has 76 valence electrons. The van der Waals surface area contributed by atoms with E-state index in [9.17, 15) is 9.90 Å². The number of aliphatic hydroxyl groups is 1. The van der Waals surface area contributed by atoms with E-state index in [-0.39, 0.29) is 18.1 Å². The molecule has 0 atom stereocenters. The van der Waals surface area contributed by atoms with Gasteiger partial charge in [0, 0.05) is 11.8 Å². The Balaban J connectivity index is 2.43. The van der Waals surface area contributed by atoms with E-state index in [1.54, 1.807) is 0 Å². The first-order chi connectivity index (χ1) is 6.22. The predicted octanol–water partition coefficient (Wildman–Crippen LogP) is 1.19. The number of hydrogen-bond acceptors (Lipinski definition) is 2. The molecule has 2 N–H and O–H groups in total. The summed E-state index contributed by atoms with van der Waals surface area (Å²) in [5, 5.41) is 12.8. The number of aliphatic hydroxyl groups excluding tert-OH is 1. The van der Waals surface area contributed by atoms with Crippen molar-refractivity contribution in [2.24, 2.45) is 0 Å². The van der Waals surface area contributed by atoms with E-state index >= 15 is 0 Å². The molecule has 1 fully saturated rings. The molecule has 1 aliphatic carbocycles. The van der Waals surface area contributed by atoms with E-state index in [0.29, 0.717) is 11.8 Å². The van der Waals surface area contributed by atoms with Gasteiger partial charge in [0.25, 0.3) is 0 Å². The van der Waals surface area contributed by atoms with Crippen LogP contribution in [0.3, 0.4) is 0 Å². The topological polar surface area (TPSA) is 49.3 Å². The van der Waals surface area contributed by atoms with Gasteiger partial charge in [-0.1, -0.05) is 28.8 Å². The van der Waals surface area contributed by atoms with Crippen LogP contribution in [0, 0.1) is 0 Å². The molecule has 0 aromatic rings. The minimum atomic E-state index is -0.306. The van der Waals surface area contributed by atoms with E-state index in [4.69, 9.17) is 0 Å². The third kappa shape index (κ3) is 2.95. The summed E-state index contributed by atoms with van der Waals surface area (Å²) < 4.78 is 0. The lowest BCUT2D eigenvalue weighted by atomic mass is 9.99. The molecule has 0 radical (unpaired) electrons. The number of alkyl halides is 1. The quantitative estimate of drug-likeness (QED) is 0.736. The molecule has 0 saturated heterocycles. The van der Waals surface area contributed by atoms with Crippen LogP contribution in [-0.2, 0) is 4.79 Å². The zero-order valence-corrected chi connectivity index (χ0v) is 9.27. The molecule has 1 aliphatic rings. The normalized spacial score (nSPS) is 20.2. The Kier molecular flexibility index (Phi) is 4.19. The van der Waals surface area contributed by atoms with Crippen molar-refractivity contribution in [3.05, 3.63) is 0 Å². The standard InChI is InChI=1S/C9H16BrNO2/c10-6-3-8(13)11-9(7-12)4-1-2-5-9/h12H,1-7H2,(H,11,13). The lowest BCUT2D eigenvalue weighted by Crippen LogP contribution is -2.49. The van der Waals surface area contributed by atoms with Crippen molar-refractivity contribution in [3.63, 3.8) is 0 Å². The van der Waals surface area contributed by atoms with Gasteiger partial charge in [0.15, 0.2) is 0 Å². The number of halogens is 1. The van der Waals surface area contributed by atoms with E-state index in [1.165, 1.54) is 0 Å². The van der Waals surface area contributed by atoms with Crippen molar-refractivity contribution >= 4 is 21.8 Å². The van der Waals surface area contributed by atoms with Gasteiger partial charge in [-0.3, -0.25) is 4.79 Å². The minimum Gasteiger partial charge on any atom is -0.394 e. The molecule has 0 aliphatic heterocycles. The first-order valence-electron chi connectivity index (χ1n) is 4.70. The molecule has 1 amide bonds. The fourth-order valence-electron chi connectivity index (χ4n) is 1.82. The van der Waals surface area contributed by atoms with E-state index in [1.807, 2.05) is 0 Å². The fraction of sp³-hybridized carbons (Fsp3) is 0.889. The number of amides is 1. The van der Waals surface area contributed by atoms with Gasteiger partial charge >= 0.3 is 0 Å². The number of carbonyl (C=O) groups is 1. The van der Waals surface area contributed by atoms with E-state index in [2.05, 4.69) is 21.2 Å². The smallest absolute Gasteiger partial charge is 0.221 e. The van der Waals surface area contributed by atoms with Gasteiger partial charge in [-0.05, 0) is 12.8 Å². The zero-order chi connectivity index (χ0) is 9.73. The highest BCUT2D eigenvalue weighted by molar-refractivity contribution is 9.09. The summed E-state index contributed by atoms with van der Waals surface area (Å²) >= 11 is 3.22. The second-order valence-electron chi connectivity index (χ2n) is 3.63. The molecule has 1 rings (SSSR count). The van der Waals surface area contributed by atoms with Gasteiger partial charge < -0.3 is 10.4 Å². The highest BCUT2D eigenvalue weighted by Crippen LogP contribution is 2.29. The molecular formula is C9H16BrNO2. The van der Waals surface area contributed by atoms with Crippen molar-refractivity contribution in [3.8, 4) is 0 Å². The molecule has 4 heteroatoms. The summed E-state index contributed by atoms with van der Waals surface area (Å²) in [4.78, 5) is 11.3. The van der Waals surface area contributed by atoms with Gasteiger partial charge in [-0.25, -0.2) is 0 Å². The van der Waals surface area contributed by atoms with E-state index in [0.717, 1.165) is 25.7 Å². The van der Waals surface area contributed by atoms with Crippen LogP contribution in [0.1, 0.15) is 32.1 Å². The molecule has 0 aromatic heterocycles. The van der Waals surface area contributed by atoms with Crippen LogP contribution in [-0.4, -0.2) is 28.5 Å². The van der Waals surface area contributed by atoms with Crippen LogP contribution in [0.5, 0.6) is 0 Å². The molecule has 13 heavy (non-hydrogen) atoms. The second kappa shape index (κ2) is 4.96. The number of carbonyl (C=O) groups excluding carboxylic acids is 1. The maximum absolute atomic E-state index is 11.3. The maximum atomic E-state index is 11.3. The van der Waals surface area contributed by atoms with E-state index < -0.39 is 0 Å². The van der Waals surface area contributed by atoms with Crippen LogP contribution in [0.15, 0.2) is 0 Å². The Morgan fingerprint density at radius 3 is 2.54 bits per heavy atom. The maximum Gasteiger partial charge on any atom is 0.221 e. The van der Waals surface area contributed by atoms with Crippen molar-refractivity contribution < 1.29 is 9.90 Å². The average molecular weight is 250 g/mol. The van der Waals surface area contributed by atoms with Crippen LogP contribution in [0.25, 0.3) is 0 Å². The molecule has 0 unspecified atom stereocenters. The summed E-state index contributed by atoms with van der Waals surface area (Å²) in [6.07, 6.45) is 4.53. The van der Waals surface area contributed by atoms with Gasteiger partial charge in [0.05, 0.1) is 12.1 Å². The molecule has 3 nitrogen and oxygen atoms in total. The number of nitrogens with one attached hydrogen (secondary N) is 1. The predicted molar refractivity (Wildman–Crippen MR) is 54.8 cm³/mol. The second-order valence-corrected chi connectivity index (χ2v) is 4.43. The molecule has 0 aromatic carbocycles. The van der Waals surface area contributed by atoms with Gasteiger partial charge in [-0.15, -0.1) is 0 Å². The Morgan fingerprint density at radius 1 is 1.46 bits per heavy atom. The third-order valence-electron chi connectivity index (χ3n) is 2.59. The molecule has 0 spiro atoms. The van der Waals surface area contributed by atoms with Crippen LogP contribution in [0.2, 0.25) is 0 Å². The first-order valence-corrected chi connectivity index (χ1v) is 5.82. The highest BCUT2D eigenvalue weighted by Gasteiger charge is 2.34. The average Bonchev–Trinajstić information content (AvgIpc) is 2.54. The Hall–Kier alpha value is -0.0900. The van der Waals surface area contributed by atoms with Crippen LogP contribution >= 0.6 is 15.9 Å². The Labute approximate surface area is 87.0 Å². The van der Waals surface area contributed by atoms with Crippen LogP contribution < -0.4 is 5.32 Å². The largest absolute Gasteiger partial charge is 0.394 e.